The molecule has 3 atom stereocenters. The predicted octanol–water partition coefficient (Wildman–Crippen LogP) is 3.58. The molecule has 3 aliphatic rings. The van der Waals surface area contributed by atoms with Gasteiger partial charge in [-0.05, 0) is 87.0 Å². The molecule has 2 bridgehead atoms. The lowest BCUT2D eigenvalue weighted by molar-refractivity contribution is -0.133. The van der Waals surface area contributed by atoms with E-state index >= 15 is 0 Å². The Labute approximate surface area is 175 Å². The topological polar surface area (TPSA) is 57.7 Å². The lowest BCUT2D eigenvalue weighted by Crippen LogP contribution is -2.51. The standard InChI is InChI=1S/C23H34N2O3S/c1-15-11-16(2)18(4)23(17(15)3)29(27,28)25-9-7-24(8-10-25)22(26)14-21-13-19-5-6-20(21)12-19/h11,19-21H,5-10,12-14H2,1-4H3/t19-,20-,21+/m1/s1. The highest BCUT2D eigenvalue weighted by atomic mass is 32.2. The molecule has 1 amide bonds. The van der Waals surface area contributed by atoms with Crippen molar-refractivity contribution in [1.29, 1.82) is 0 Å². The Bertz CT molecular complexity index is 890. The van der Waals surface area contributed by atoms with Crippen LogP contribution in [0.15, 0.2) is 11.0 Å². The van der Waals surface area contributed by atoms with E-state index in [2.05, 4.69) is 6.07 Å². The van der Waals surface area contributed by atoms with Gasteiger partial charge in [-0.3, -0.25) is 4.79 Å². The summed E-state index contributed by atoms with van der Waals surface area (Å²) in [5, 5.41) is 0. The maximum absolute atomic E-state index is 13.4. The van der Waals surface area contributed by atoms with Crippen molar-refractivity contribution in [3.05, 3.63) is 28.3 Å². The Morgan fingerprint density at radius 1 is 0.966 bits per heavy atom. The number of hydrogen-bond acceptors (Lipinski definition) is 3. The Hall–Kier alpha value is -1.40. The van der Waals surface area contributed by atoms with Crippen molar-refractivity contribution in [1.82, 2.24) is 9.21 Å². The number of benzene rings is 1. The number of fused-ring (bicyclic) bond motifs is 2. The normalized spacial score (nSPS) is 27.6. The van der Waals surface area contributed by atoms with Crippen molar-refractivity contribution in [2.45, 2.75) is 64.7 Å². The Kier molecular flexibility index (Phi) is 5.53. The van der Waals surface area contributed by atoms with Crippen molar-refractivity contribution >= 4 is 15.9 Å². The summed E-state index contributed by atoms with van der Waals surface area (Å²) in [6.45, 7) is 9.49. The maximum Gasteiger partial charge on any atom is 0.243 e. The van der Waals surface area contributed by atoms with Crippen LogP contribution in [0.25, 0.3) is 0 Å². The average Bonchev–Trinajstić information content (AvgIpc) is 3.29. The van der Waals surface area contributed by atoms with Gasteiger partial charge in [0.15, 0.2) is 0 Å². The summed E-state index contributed by atoms with van der Waals surface area (Å²) < 4.78 is 28.4. The van der Waals surface area contributed by atoms with E-state index in [-0.39, 0.29) is 5.91 Å². The molecular formula is C23H34N2O3S. The molecule has 4 rings (SSSR count). The average molecular weight is 419 g/mol. The Morgan fingerprint density at radius 2 is 1.59 bits per heavy atom. The van der Waals surface area contributed by atoms with Gasteiger partial charge < -0.3 is 4.90 Å². The minimum atomic E-state index is -3.55. The first-order valence-corrected chi connectivity index (χ1v) is 12.5. The molecule has 0 unspecified atom stereocenters. The van der Waals surface area contributed by atoms with Crippen LogP contribution in [0.4, 0.5) is 0 Å². The molecular weight excluding hydrogens is 384 g/mol. The second kappa shape index (κ2) is 7.69. The van der Waals surface area contributed by atoms with E-state index < -0.39 is 10.0 Å². The molecule has 2 aliphatic carbocycles. The second-order valence-electron chi connectivity index (χ2n) is 9.51. The van der Waals surface area contributed by atoms with Gasteiger partial charge in [0.2, 0.25) is 15.9 Å². The zero-order valence-corrected chi connectivity index (χ0v) is 19.0. The van der Waals surface area contributed by atoms with E-state index in [9.17, 15) is 13.2 Å². The highest BCUT2D eigenvalue weighted by molar-refractivity contribution is 7.89. The summed E-state index contributed by atoms with van der Waals surface area (Å²) in [7, 11) is -3.55. The molecule has 1 aromatic carbocycles. The molecule has 1 aromatic rings. The van der Waals surface area contributed by atoms with E-state index in [0.29, 0.717) is 43.4 Å². The Morgan fingerprint density at radius 3 is 2.10 bits per heavy atom. The number of sulfonamides is 1. The number of aryl methyl sites for hydroxylation is 2. The number of amides is 1. The maximum atomic E-state index is 13.4. The van der Waals surface area contributed by atoms with Crippen molar-refractivity contribution < 1.29 is 13.2 Å². The van der Waals surface area contributed by atoms with Crippen LogP contribution in [-0.2, 0) is 14.8 Å². The molecule has 6 heteroatoms. The lowest BCUT2D eigenvalue weighted by Gasteiger charge is -2.35. The van der Waals surface area contributed by atoms with Crippen molar-refractivity contribution in [3.63, 3.8) is 0 Å². The van der Waals surface area contributed by atoms with Crippen LogP contribution in [-0.4, -0.2) is 49.7 Å². The van der Waals surface area contributed by atoms with E-state index in [4.69, 9.17) is 0 Å². The quantitative estimate of drug-likeness (QED) is 0.751. The zero-order chi connectivity index (χ0) is 20.9. The highest BCUT2D eigenvalue weighted by Gasteiger charge is 2.41. The van der Waals surface area contributed by atoms with Crippen LogP contribution < -0.4 is 0 Å². The molecule has 3 fully saturated rings. The molecule has 1 saturated heterocycles. The minimum Gasteiger partial charge on any atom is -0.340 e. The molecule has 0 aromatic heterocycles. The third-order valence-electron chi connectivity index (χ3n) is 7.81. The molecule has 0 radical (unpaired) electrons. The first-order valence-electron chi connectivity index (χ1n) is 11.0. The minimum absolute atomic E-state index is 0.221. The van der Waals surface area contributed by atoms with Crippen LogP contribution in [0.1, 0.15) is 54.4 Å². The third kappa shape index (κ3) is 3.74. The van der Waals surface area contributed by atoms with Crippen LogP contribution >= 0.6 is 0 Å². The number of carbonyl (C=O) groups is 1. The summed E-state index contributed by atoms with van der Waals surface area (Å²) in [5.41, 5.74) is 3.68. The number of piperazine rings is 1. The van der Waals surface area contributed by atoms with Crippen LogP contribution in [0.3, 0.4) is 0 Å². The van der Waals surface area contributed by atoms with Gasteiger partial charge in [0.25, 0.3) is 0 Å². The molecule has 5 nitrogen and oxygen atoms in total. The van der Waals surface area contributed by atoms with Crippen LogP contribution in [0.5, 0.6) is 0 Å². The summed E-state index contributed by atoms with van der Waals surface area (Å²) in [6, 6.07) is 2.05. The monoisotopic (exact) mass is 418 g/mol. The van der Waals surface area contributed by atoms with E-state index in [1.807, 2.05) is 32.6 Å². The van der Waals surface area contributed by atoms with Gasteiger partial charge in [-0.1, -0.05) is 12.5 Å². The number of hydrogen-bond donors (Lipinski definition) is 0. The molecule has 160 valence electrons. The van der Waals surface area contributed by atoms with Crippen molar-refractivity contribution in [2.75, 3.05) is 26.2 Å². The smallest absolute Gasteiger partial charge is 0.243 e. The summed E-state index contributed by atoms with van der Waals surface area (Å²) in [5.74, 6) is 2.38. The molecule has 0 spiro atoms. The third-order valence-corrected chi connectivity index (χ3v) is 9.98. The summed E-state index contributed by atoms with van der Waals surface area (Å²) in [6.07, 6.45) is 5.84. The fourth-order valence-corrected chi connectivity index (χ4v) is 7.85. The lowest BCUT2D eigenvalue weighted by atomic mass is 9.86. The first-order chi connectivity index (χ1) is 13.7. The van der Waals surface area contributed by atoms with Gasteiger partial charge in [-0.15, -0.1) is 0 Å². The molecule has 0 N–H and O–H groups in total. The van der Waals surface area contributed by atoms with Crippen LogP contribution in [0.2, 0.25) is 0 Å². The zero-order valence-electron chi connectivity index (χ0n) is 18.2. The highest BCUT2D eigenvalue weighted by Crippen LogP contribution is 2.49. The van der Waals surface area contributed by atoms with E-state index in [1.54, 1.807) is 4.31 Å². The van der Waals surface area contributed by atoms with Crippen molar-refractivity contribution in [2.24, 2.45) is 17.8 Å². The fraction of sp³-hybridized carbons (Fsp3) is 0.696. The fourth-order valence-electron chi connectivity index (χ4n) is 5.85. The Balaban J connectivity index is 1.42. The SMILES string of the molecule is Cc1cc(C)c(C)c(S(=O)(=O)N2CCN(C(=O)C[C@@H]3C[C@@H]4CC[C@@H]3C4)CC2)c1C. The summed E-state index contributed by atoms with van der Waals surface area (Å²) in [4.78, 5) is 15.2. The van der Waals surface area contributed by atoms with Gasteiger partial charge in [-0.2, -0.15) is 4.31 Å². The predicted molar refractivity (Wildman–Crippen MR) is 114 cm³/mol. The van der Waals surface area contributed by atoms with Crippen LogP contribution in [0, 0.1) is 45.4 Å². The van der Waals surface area contributed by atoms with Gasteiger partial charge in [0.05, 0.1) is 4.90 Å². The number of rotatable bonds is 4. The molecule has 2 saturated carbocycles. The van der Waals surface area contributed by atoms with Crippen molar-refractivity contribution in [3.8, 4) is 0 Å². The molecule has 1 heterocycles. The molecule has 29 heavy (non-hydrogen) atoms. The van der Waals surface area contributed by atoms with Gasteiger partial charge in [0, 0.05) is 32.6 Å². The van der Waals surface area contributed by atoms with Gasteiger partial charge in [-0.25, -0.2) is 8.42 Å². The van der Waals surface area contributed by atoms with E-state index in [1.165, 1.54) is 25.7 Å². The summed E-state index contributed by atoms with van der Waals surface area (Å²) >= 11 is 0. The second-order valence-corrected chi connectivity index (χ2v) is 11.4. The van der Waals surface area contributed by atoms with Gasteiger partial charge >= 0.3 is 0 Å². The first kappa shape index (κ1) is 20.9. The van der Waals surface area contributed by atoms with E-state index in [0.717, 1.165) is 34.1 Å². The van der Waals surface area contributed by atoms with Gasteiger partial charge in [0.1, 0.15) is 0 Å². The largest absolute Gasteiger partial charge is 0.340 e. The molecule has 1 aliphatic heterocycles. The number of carbonyl (C=O) groups excluding carboxylic acids is 1. The number of nitrogens with zero attached hydrogens (tertiary/aromatic N) is 2.